The van der Waals surface area contributed by atoms with Crippen LogP contribution in [-0.2, 0) is 0 Å². The summed E-state index contributed by atoms with van der Waals surface area (Å²) in [6.07, 6.45) is 7.85. The second kappa shape index (κ2) is 9.91. The van der Waals surface area contributed by atoms with Crippen LogP contribution in [0, 0.1) is 5.82 Å². The smallest absolute Gasteiger partial charge is 0.263 e. The molecule has 3 aromatic rings. The van der Waals surface area contributed by atoms with Gasteiger partial charge >= 0.3 is 0 Å². The molecule has 0 spiro atoms. The Bertz CT molecular complexity index is 1270. The molecule has 0 radical (unpaired) electrons. The predicted molar refractivity (Wildman–Crippen MR) is 144 cm³/mol. The molecule has 1 saturated heterocycles. The molecule has 1 aliphatic heterocycles. The van der Waals surface area contributed by atoms with Gasteiger partial charge < -0.3 is 14.7 Å². The monoisotopic (exact) mass is 511 g/mol. The molecular formula is C26H34FN7OS. The molecule has 4 heterocycles. The summed E-state index contributed by atoms with van der Waals surface area (Å²) in [5, 5.41) is 2.18. The molecule has 36 heavy (non-hydrogen) atoms. The second-order valence-electron chi connectivity index (χ2n) is 10.2. The molecule has 8 nitrogen and oxygen atoms in total. The Morgan fingerprint density at radius 3 is 2.58 bits per heavy atom. The molecular weight excluding hydrogens is 477 g/mol. The van der Waals surface area contributed by atoms with Crippen molar-refractivity contribution in [3.05, 3.63) is 40.8 Å². The van der Waals surface area contributed by atoms with Crippen LogP contribution in [0.3, 0.4) is 0 Å². The third-order valence-electron chi connectivity index (χ3n) is 7.57. The average molecular weight is 512 g/mol. The summed E-state index contributed by atoms with van der Waals surface area (Å²) in [4.78, 5) is 28.7. The molecule has 1 atom stereocenters. The Morgan fingerprint density at radius 1 is 1.17 bits per heavy atom. The topological polar surface area (TPSA) is 81.8 Å². The van der Waals surface area contributed by atoms with Crippen molar-refractivity contribution in [2.45, 2.75) is 44.6 Å². The number of carbonyl (C=O) groups is 1. The number of aromatic nitrogens is 2. The highest BCUT2D eigenvalue weighted by molar-refractivity contribution is 7.21. The van der Waals surface area contributed by atoms with Crippen molar-refractivity contribution >= 4 is 44.7 Å². The van der Waals surface area contributed by atoms with Gasteiger partial charge in [0.1, 0.15) is 5.82 Å². The van der Waals surface area contributed by atoms with Gasteiger partial charge in [-0.2, -0.15) is 0 Å². The fraction of sp³-hybridized carbons (Fsp3) is 0.500. The normalized spacial score (nSPS) is 19.3. The number of likely N-dealkylation sites (N-methyl/N-ethyl adjacent to an activating group) is 1. The quantitative estimate of drug-likeness (QED) is 0.403. The van der Waals surface area contributed by atoms with Crippen LogP contribution in [-0.4, -0.2) is 72.5 Å². The predicted octanol–water partition coefficient (Wildman–Crippen LogP) is 4.34. The fourth-order valence-corrected chi connectivity index (χ4v) is 6.55. The van der Waals surface area contributed by atoms with Gasteiger partial charge in [0, 0.05) is 57.4 Å². The van der Waals surface area contributed by atoms with Crippen molar-refractivity contribution in [3.8, 4) is 0 Å². The molecule has 1 aliphatic carbocycles. The van der Waals surface area contributed by atoms with E-state index in [1.165, 1.54) is 22.4 Å². The van der Waals surface area contributed by atoms with Crippen molar-refractivity contribution in [1.82, 2.24) is 19.8 Å². The average Bonchev–Trinajstić information content (AvgIpc) is 3.52. The van der Waals surface area contributed by atoms with E-state index in [9.17, 15) is 4.79 Å². The lowest BCUT2D eigenvalue weighted by Crippen LogP contribution is -2.50. The minimum Gasteiger partial charge on any atom is -0.367 e. The number of hydrogen-bond acceptors (Lipinski definition) is 8. The van der Waals surface area contributed by atoms with Crippen LogP contribution in [0.5, 0.6) is 0 Å². The zero-order valence-electron chi connectivity index (χ0n) is 21.4. The van der Waals surface area contributed by atoms with Crippen molar-refractivity contribution in [1.29, 1.82) is 0 Å². The lowest BCUT2D eigenvalue weighted by molar-refractivity contribution is 0.0831. The molecule has 1 saturated carbocycles. The SMILES string of the molecule is C[C@@H]1CN(c2cnc(N(N)c3cc4c(C5CCCC5)c(C(=O)N(C)C)sc4cn3)c(F)c2)CCN1C. The highest BCUT2D eigenvalue weighted by Crippen LogP contribution is 2.44. The zero-order chi connectivity index (χ0) is 25.6. The maximum absolute atomic E-state index is 15.3. The molecule has 2 aliphatic rings. The van der Waals surface area contributed by atoms with E-state index in [0.29, 0.717) is 17.8 Å². The number of nitrogens with zero attached hydrogens (tertiary/aromatic N) is 6. The second-order valence-corrected chi connectivity index (χ2v) is 11.3. The van der Waals surface area contributed by atoms with Crippen LogP contribution < -0.4 is 15.8 Å². The van der Waals surface area contributed by atoms with E-state index in [4.69, 9.17) is 5.84 Å². The van der Waals surface area contributed by atoms with Gasteiger partial charge in [0.15, 0.2) is 11.6 Å². The summed E-state index contributed by atoms with van der Waals surface area (Å²) in [5.41, 5.74) is 1.83. The van der Waals surface area contributed by atoms with E-state index < -0.39 is 5.82 Å². The number of piperazine rings is 1. The lowest BCUT2D eigenvalue weighted by atomic mass is 9.94. The van der Waals surface area contributed by atoms with E-state index in [2.05, 4.69) is 33.7 Å². The number of nitrogens with two attached hydrogens (primary N) is 1. The number of halogens is 1. The first-order chi connectivity index (χ1) is 17.2. The third kappa shape index (κ3) is 4.53. The number of rotatable bonds is 5. The van der Waals surface area contributed by atoms with E-state index in [-0.39, 0.29) is 11.7 Å². The van der Waals surface area contributed by atoms with E-state index in [0.717, 1.165) is 71.5 Å². The van der Waals surface area contributed by atoms with Crippen LogP contribution >= 0.6 is 11.3 Å². The van der Waals surface area contributed by atoms with Gasteiger partial charge in [-0.15, -0.1) is 11.3 Å². The van der Waals surface area contributed by atoms with Crippen LogP contribution in [0.4, 0.5) is 21.7 Å². The Balaban J connectivity index is 1.48. The molecule has 5 rings (SSSR count). The summed E-state index contributed by atoms with van der Waals surface area (Å²) in [6.45, 7) is 4.72. The Morgan fingerprint density at radius 2 is 1.92 bits per heavy atom. The van der Waals surface area contributed by atoms with Crippen molar-refractivity contribution in [2.75, 3.05) is 50.7 Å². The van der Waals surface area contributed by atoms with E-state index >= 15 is 4.39 Å². The van der Waals surface area contributed by atoms with Gasteiger partial charge in [-0.25, -0.2) is 25.2 Å². The van der Waals surface area contributed by atoms with E-state index in [1.807, 2.05) is 6.07 Å². The van der Waals surface area contributed by atoms with Crippen molar-refractivity contribution in [3.63, 3.8) is 0 Å². The van der Waals surface area contributed by atoms with Gasteiger partial charge in [0.25, 0.3) is 5.91 Å². The molecule has 0 bridgehead atoms. The van der Waals surface area contributed by atoms with Gasteiger partial charge in [-0.05, 0) is 44.4 Å². The zero-order valence-corrected chi connectivity index (χ0v) is 22.2. The van der Waals surface area contributed by atoms with Crippen LogP contribution in [0.25, 0.3) is 10.1 Å². The Kier molecular flexibility index (Phi) is 6.84. The van der Waals surface area contributed by atoms with Gasteiger partial charge in [0.2, 0.25) is 0 Å². The van der Waals surface area contributed by atoms with Crippen LogP contribution in [0.2, 0.25) is 0 Å². The number of hydrogen-bond donors (Lipinski definition) is 1. The number of carbonyl (C=O) groups excluding carboxylic acids is 1. The van der Waals surface area contributed by atoms with Crippen molar-refractivity contribution < 1.29 is 9.18 Å². The van der Waals surface area contributed by atoms with E-state index in [1.54, 1.807) is 31.4 Å². The first-order valence-corrected chi connectivity index (χ1v) is 13.4. The highest BCUT2D eigenvalue weighted by atomic mass is 32.1. The molecule has 0 unspecified atom stereocenters. The number of fused-ring (bicyclic) bond motifs is 1. The minimum absolute atomic E-state index is 0.00535. The molecule has 10 heteroatoms. The summed E-state index contributed by atoms with van der Waals surface area (Å²) in [6, 6.07) is 3.76. The summed E-state index contributed by atoms with van der Waals surface area (Å²) < 4.78 is 16.2. The molecule has 0 aromatic carbocycles. The molecule has 1 amide bonds. The number of amides is 1. The number of hydrazine groups is 1. The molecule has 2 N–H and O–H groups in total. The summed E-state index contributed by atoms with van der Waals surface area (Å²) >= 11 is 1.47. The molecule has 2 fully saturated rings. The number of pyridine rings is 2. The van der Waals surface area contributed by atoms with Crippen LogP contribution in [0.15, 0.2) is 24.5 Å². The number of anilines is 3. The standard InChI is InChI=1S/C26H34FN7OS/c1-16-15-33(10-9-32(16)4)18-11-20(27)25(30-13-18)34(28)22-12-19-21(14-29-22)36-24(26(35)31(2)3)23(19)17-7-5-6-8-17/h11-14,16-17H,5-10,15,28H2,1-4H3/t16-/m1/s1. The minimum atomic E-state index is -0.492. The lowest BCUT2D eigenvalue weighted by Gasteiger charge is -2.38. The first kappa shape index (κ1) is 24.9. The number of thiophene rings is 1. The van der Waals surface area contributed by atoms with Gasteiger partial charge in [-0.1, -0.05) is 12.8 Å². The Hall–Kier alpha value is -2.82. The molecule has 3 aromatic heterocycles. The van der Waals surface area contributed by atoms with Gasteiger partial charge in [-0.3, -0.25) is 4.79 Å². The Labute approximate surface area is 215 Å². The molecule has 192 valence electrons. The summed E-state index contributed by atoms with van der Waals surface area (Å²) in [5.74, 6) is 6.64. The highest BCUT2D eigenvalue weighted by Gasteiger charge is 2.29. The largest absolute Gasteiger partial charge is 0.367 e. The fourth-order valence-electron chi connectivity index (χ4n) is 5.29. The summed E-state index contributed by atoms with van der Waals surface area (Å²) in [7, 11) is 5.65. The third-order valence-corrected chi connectivity index (χ3v) is 8.71. The maximum Gasteiger partial charge on any atom is 0.263 e. The van der Waals surface area contributed by atoms with Gasteiger partial charge in [0.05, 0.1) is 21.5 Å². The maximum atomic E-state index is 15.3. The first-order valence-electron chi connectivity index (χ1n) is 12.5. The van der Waals surface area contributed by atoms with Crippen molar-refractivity contribution in [2.24, 2.45) is 5.84 Å². The van der Waals surface area contributed by atoms with Crippen LogP contribution in [0.1, 0.15) is 53.8 Å².